The first-order chi connectivity index (χ1) is 17.2. The third-order valence-corrected chi connectivity index (χ3v) is 7.83. The molecule has 1 fully saturated rings. The van der Waals surface area contributed by atoms with Crippen LogP contribution in [0.2, 0.25) is 5.02 Å². The number of halogens is 3. The number of ether oxygens (including phenoxy) is 1. The number of nitrogens with one attached hydrogen (secondary N) is 1. The summed E-state index contributed by atoms with van der Waals surface area (Å²) in [5.74, 6) is 0.488. The summed E-state index contributed by atoms with van der Waals surface area (Å²) in [6, 6.07) is 8.50. The first-order valence-electron chi connectivity index (χ1n) is 11.2. The zero-order valence-corrected chi connectivity index (χ0v) is 21.1. The van der Waals surface area contributed by atoms with E-state index in [0.717, 1.165) is 20.7 Å². The van der Waals surface area contributed by atoms with Gasteiger partial charge in [0.05, 0.1) is 22.2 Å². The van der Waals surface area contributed by atoms with Crippen LogP contribution in [0.4, 0.5) is 8.78 Å². The van der Waals surface area contributed by atoms with E-state index in [0.29, 0.717) is 21.9 Å². The molecule has 1 aliphatic rings. The van der Waals surface area contributed by atoms with Crippen molar-refractivity contribution in [3.8, 4) is 16.9 Å². The van der Waals surface area contributed by atoms with E-state index in [9.17, 15) is 18.4 Å². The Kier molecular flexibility index (Phi) is 6.44. The van der Waals surface area contributed by atoms with Gasteiger partial charge in [0.15, 0.2) is 0 Å². The summed E-state index contributed by atoms with van der Waals surface area (Å²) in [7, 11) is 1.59. The molecule has 4 aromatic rings. The van der Waals surface area contributed by atoms with Gasteiger partial charge in [-0.2, -0.15) is 0 Å². The molecular weight excluding hydrogens is 510 g/mol. The number of hydrogen-bond acceptors (Lipinski definition) is 6. The molecule has 0 amide bonds. The second-order valence-corrected chi connectivity index (χ2v) is 10.6. The van der Waals surface area contributed by atoms with Gasteiger partial charge in [-0.25, -0.2) is 13.6 Å². The third-order valence-electron chi connectivity index (χ3n) is 6.47. The van der Waals surface area contributed by atoms with Gasteiger partial charge in [0.1, 0.15) is 12.4 Å². The van der Waals surface area contributed by atoms with E-state index >= 15 is 0 Å². The van der Waals surface area contributed by atoms with Crippen molar-refractivity contribution in [1.29, 1.82) is 0 Å². The summed E-state index contributed by atoms with van der Waals surface area (Å²) in [6.45, 7) is 2.19. The van der Waals surface area contributed by atoms with Gasteiger partial charge >= 0.3 is 5.69 Å². The Labute approximate surface area is 213 Å². The second kappa shape index (κ2) is 9.42. The first kappa shape index (κ1) is 24.6. The summed E-state index contributed by atoms with van der Waals surface area (Å²) in [5.41, 5.74) is 0.853. The van der Waals surface area contributed by atoms with Crippen molar-refractivity contribution in [2.24, 2.45) is 12.5 Å². The van der Waals surface area contributed by atoms with Gasteiger partial charge in [0.2, 0.25) is 6.43 Å². The lowest BCUT2D eigenvalue weighted by Crippen LogP contribution is -2.60. The number of pyridine rings is 1. The molecule has 5 rings (SSSR count). The maximum atomic E-state index is 13.7. The van der Waals surface area contributed by atoms with Crippen LogP contribution in [0, 0.1) is 12.3 Å². The molecule has 0 atom stereocenters. The number of nitrogens with zero attached hydrogens (tertiary/aromatic N) is 3. The molecule has 0 aliphatic carbocycles. The van der Waals surface area contributed by atoms with Crippen molar-refractivity contribution >= 4 is 33.2 Å². The van der Waals surface area contributed by atoms with Crippen molar-refractivity contribution in [2.45, 2.75) is 19.9 Å². The topological polar surface area (TPSA) is 78.2 Å². The fourth-order valence-corrected chi connectivity index (χ4v) is 5.70. The fraction of sp³-hybridized carbons (Fsp3) is 0.320. The highest BCUT2D eigenvalue weighted by Crippen LogP contribution is 2.42. The molecule has 0 bridgehead atoms. The molecule has 0 unspecified atom stereocenters. The van der Waals surface area contributed by atoms with E-state index in [2.05, 4.69) is 10.3 Å². The predicted molar refractivity (Wildman–Crippen MR) is 137 cm³/mol. The van der Waals surface area contributed by atoms with Crippen LogP contribution in [-0.2, 0) is 13.6 Å². The number of aromatic nitrogens is 3. The van der Waals surface area contributed by atoms with Crippen molar-refractivity contribution in [1.82, 2.24) is 19.4 Å². The van der Waals surface area contributed by atoms with Gasteiger partial charge < -0.3 is 14.6 Å². The van der Waals surface area contributed by atoms with E-state index < -0.39 is 17.5 Å². The van der Waals surface area contributed by atoms with E-state index in [-0.39, 0.29) is 31.8 Å². The lowest BCUT2D eigenvalue weighted by molar-refractivity contribution is -0.0682. The Morgan fingerprint density at radius 1 is 1.22 bits per heavy atom. The Morgan fingerprint density at radius 2 is 2.00 bits per heavy atom. The number of rotatable bonds is 7. The quantitative estimate of drug-likeness (QED) is 0.388. The molecule has 3 aromatic heterocycles. The second-order valence-electron chi connectivity index (χ2n) is 9.07. The van der Waals surface area contributed by atoms with E-state index in [1.54, 1.807) is 25.4 Å². The summed E-state index contributed by atoms with van der Waals surface area (Å²) >= 11 is 7.79. The molecule has 1 N–H and O–H groups in total. The van der Waals surface area contributed by atoms with E-state index in [1.807, 2.05) is 19.1 Å². The van der Waals surface area contributed by atoms with Crippen LogP contribution in [-0.4, -0.2) is 40.2 Å². The van der Waals surface area contributed by atoms with Crippen molar-refractivity contribution in [3.05, 3.63) is 79.0 Å². The Bertz CT molecular complexity index is 1580. The minimum atomic E-state index is -2.50. The maximum Gasteiger partial charge on any atom is 0.331 e. The highest BCUT2D eigenvalue weighted by atomic mass is 35.5. The maximum absolute atomic E-state index is 13.7. The van der Waals surface area contributed by atoms with Crippen molar-refractivity contribution in [3.63, 3.8) is 0 Å². The zero-order valence-electron chi connectivity index (χ0n) is 19.6. The van der Waals surface area contributed by atoms with Gasteiger partial charge in [-0.1, -0.05) is 11.6 Å². The SMILES string of the molecule is Cc1cc(Cl)cc(-c2ccnc3cc(Cn4c(=O)ccn(C)c4=O)sc23)c1OCC1(C(F)F)CNC1. The number of hydrogen-bond donors (Lipinski definition) is 1. The van der Waals surface area contributed by atoms with E-state index in [1.165, 1.54) is 32.7 Å². The molecule has 0 radical (unpaired) electrons. The first-order valence-corrected chi connectivity index (χ1v) is 12.4. The van der Waals surface area contributed by atoms with Gasteiger partial charge in [-0.15, -0.1) is 11.3 Å². The molecule has 1 aromatic carbocycles. The molecule has 11 heteroatoms. The smallest absolute Gasteiger partial charge is 0.331 e. The highest BCUT2D eigenvalue weighted by molar-refractivity contribution is 7.19. The van der Waals surface area contributed by atoms with Gasteiger partial charge in [0, 0.05) is 59.6 Å². The van der Waals surface area contributed by atoms with Crippen LogP contribution in [0.25, 0.3) is 21.3 Å². The molecule has 188 valence electrons. The predicted octanol–water partition coefficient (Wildman–Crippen LogP) is 4.07. The number of benzene rings is 1. The molecule has 0 spiro atoms. The summed E-state index contributed by atoms with van der Waals surface area (Å²) in [6.07, 6.45) is 0.585. The van der Waals surface area contributed by atoms with Crippen LogP contribution in [0.15, 0.2) is 52.3 Å². The highest BCUT2D eigenvalue weighted by Gasteiger charge is 2.46. The molecular formula is C25H23ClF2N4O3S. The van der Waals surface area contributed by atoms with Crippen molar-refractivity contribution in [2.75, 3.05) is 19.7 Å². The Hall–Kier alpha value is -3.08. The van der Waals surface area contributed by atoms with Crippen LogP contribution in [0.3, 0.4) is 0 Å². The standard InChI is InChI=1S/C25H23ClF2N4O3S/c1-14-7-15(26)8-18(21(14)35-13-25(23(27)28)11-29-12-25)17-3-5-30-19-9-16(36-22(17)19)10-32-20(33)4-6-31(2)24(32)34/h3-9,23,29H,10-13H2,1-2H3. The largest absolute Gasteiger partial charge is 0.492 e. The lowest BCUT2D eigenvalue weighted by atomic mass is 9.83. The van der Waals surface area contributed by atoms with Crippen LogP contribution in [0.5, 0.6) is 5.75 Å². The van der Waals surface area contributed by atoms with Crippen LogP contribution >= 0.6 is 22.9 Å². The molecule has 7 nitrogen and oxygen atoms in total. The lowest BCUT2D eigenvalue weighted by Gasteiger charge is -2.41. The van der Waals surface area contributed by atoms with Crippen LogP contribution in [0.1, 0.15) is 10.4 Å². The molecule has 1 aliphatic heterocycles. The normalized spacial score (nSPS) is 14.8. The molecule has 36 heavy (non-hydrogen) atoms. The molecule has 1 saturated heterocycles. The number of aryl methyl sites for hydroxylation is 2. The minimum Gasteiger partial charge on any atom is -0.492 e. The summed E-state index contributed by atoms with van der Waals surface area (Å²) in [4.78, 5) is 30.0. The number of alkyl halides is 2. The average molecular weight is 533 g/mol. The van der Waals surface area contributed by atoms with Gasteiger partial charge in [-0.3, -0.25) is 14.3 Å². The zero-order chi connectivity index (χ0) is 25.6. The minimum absolute atomic E-state index is 0.106. The Balaban J connectivity index is 1.56. The molecule has 0 saturated carbocycles. The van der Waals surface area contributed by atoms with Crippen molar-refractivity contribution < 1.29 is 13.5 Å². The van der Waals surface area contributed by atoms with Gasteiger partial charge in [-0.05, 0) is 36.8 Å². The number of thiophene rings is 1. The van der Waals surface area contributed by atoms with Crippen LogP contribution < -0.4 is 21.3 Å². The summed E-state index contributed by atoms with van der Waals surface area (Å²) in [5, 5.41) is 3.40. The average Bonchev–Trinajstić information content (AvgIpc) is 3.22. The Morgan fingerprint density at radius 3 is 2.69 bits per heavy atom. The monoisotopic (exact) mass is 532 g/mol. The third kappa shape index (κ3) is 4.33. The number of fused-ring (bicyclic) bond motifs is 1. The van der Waals surface area contributed by atoms with Gasteiger partial charge in [0.25, 0.3) is 5.56 Å². The summed E-state index contributed by atoms with van der Waals surface area (Å²) < 4.78 is 36.8. The molecule has 4 heterocycles. The van der Waals surface area contributed by atoms with E-state index in [4.69, 9.17) is 16.3 Å². The fourth-order valence-electron chi connectivity index (χ4n) is 4.30.